The van der Waals surface area contributed by atoms with Gasteiger partial charge in [0.25, 0.3) is 5.91 Å². The van der Waals surface area contributed by atoms with Crippen LogP contribution >= 0.6 is 0 Å². The minimum atomic E-state index is -0.730. The maximum Gasteiger partial charge on any atom is 0.326 e. The molecule has 1 aliphatic carbocycles. The van der Waals surface area contributed by atoms with Gasteiger partial charge in [0, 0.05) is 12.6 Å². The Labute approximate surface area is 179 Å². The number of benzene rings is 1. The van der Waals surface area contributed by atoms with Crippen molar-refractivity contribution in [1.82, 2.24) is 15.1 Å². The van der Waals surface area contributed by atoms with Crippen LogP contribution in [-0.4, -0.2) is 47.1 Å². The third kappa shape index (κ3) is 3.94. The summed E-state index contributed by atoms with van der Waals surface area (Å²) in [5, 5.41) is 3.10. The van der Waals surface area contributed by atoms with Gasteiger partial charge in [-0.15, -0.1) is 0 Å². The second-order valence-corrected chi connectivity index (χ2v) is 10.2. The van der Waals surface area contributed by atoms with Crippen LogP contribution < -0.4 is 10.1 Å². The highest BCUT2D eigenvalue weighted by Gasteiger charge is 2.56. The van der Waals surface area contributed by atoms with Gasteiger partial charge in [0.1, 0.15) is 11.3 Å². The highest BCUT2D eigenvalue weighted by molar-refractivity contribution is 6.07. The van der Waals surface area contributed by atoms with Crippen LogP contribution in [-0.2, 0) is 4.79 Å². The molecular formula is C24H35N3O3. The Morgan fingerprint density at radius 2 is 1.90 bits per heavy atom. The molecule has 3 aliphatic rings. The van der Waals surface area contributed by atoms with Crippen molar-refractivity contribution in [2.24, 2.45) is 11.3 Å². The molecule has 30 heavy (non-hydrogen) atoms. The van der Waals surface area contributed by atoms with Crippen LogP contribution in [0.3, 0.4) is 0 Å². The van der Waals surface area contributed by atoms with Crippen LogP contribution in [0.2, 0.25) is 0 Å². The number of carbonyl (C=O) groups is 2. The van der Waals surface area contributed by atoms with Crippen molar-refractivity contribution in [2.45, 2.75) is 71.4 Å². The number of carbonyl (C=O) groups excluding carboxylic acids is 2. The van der Waals surface area contributed by atoms with Gasteiger partial charge < -0.3 is 10.1 Å². The van der Waals surface area contributed by atoms with E-state index in [0.717, 1.165) is 38.0 Å². The summed E-state index contributed by atoms with van der Waals surface area (Å²) in [5.41, 5.74) is 0.534. The summed E-state index contributed by atoms with van der Waals surface area (Å²) >= 11 is 0. The van der Waals surface area contributed by atoms with Gasteiger partial charge >= 0.3 is 6.03 Å². The zero-order chi connectivity index (χ0) is 21.5. The molecule has 0 aromatic heterocycles. The molecule has 1 aromatic rings. The molecule has 1 saturated carbocycles. The Hall–Kier alpha value is -2.08. The van der Waals surface area contributed by atoms with Gasteiger partial charge in [-0.25, -0.2) is 9.69 Å². The van der Waals surface area contributed by atoms with Gasteiger partial charge in [-0.2, -0.15) is 0 Å². The molecule has 1 aromatic carbocycles. The molecule has 3 amide bonds. The quantitative estimate of drug-likeness (QED) is 0.731. The van der Waals surface area contributed by atoms with E-state index in [9.17, 15) is 9.59 Å². The fraction of sp³-hybridized carbons (Fsp3) is 0.667. The monoisotopic (exact) mass is 413 g/mol. The van der Waals surface area contributed by atoms with Crippen molar-refractivity contribution >= 4 is 11.9 Å². The molecule has 3 unspecified atom stereocenters. The number of likely N-dealkylation sites (tertiary alicyclic amines) is 1. The Morgan fingerprint density at radius 1 is 1.17 bits per heavy atom. The largest absolute Gasteiger partial charge is 0.494 e. The van der Waals surface area contributed by atoms with Gasteiger partial charge in [0.2, 0.25) is 0 Å². The average molecular weight is 414 g/mol. The maximum atomic E-state index is 13.5. The Balaban J connectivity index is 1.49. The molecule has 0 radical (unpaired) electrons. The van der Waals surface area contributed by atoms with Gasteiger partial charge in [-0.1, -0.05) is 32.9 Å². The lowest BCUT2D eigenvalue weighted by Crippen LogP contribution is -2.54. The first-order chi connectivity index (χ1) is 14.2. The fourth-order valence-electron chi connectivity index (χ4n) is 6.14. The number of amides is 3. The number of hydrogen-bond donors (Lipinski definition) is 1. The third-order valence-electron chi connectivity index (χ3n) is 6.89. The molecule has 164 valence electrons. The summed E-state index contributed by atoms with van der Waals surface area (Å²) in [5.74, 6) is 1.25. The molecular weight excluding hydrogens is 378 g/mol. The van der Waals surface area contributed by atoms with Crippen molar-refractivity contribution in [3.63, 3.8) is 0 Å². The Morgan fingerprint density at radius 3 is 2.57 bits per heavy atom. The van der Waals surface area contributed by atoms with E-state index in [1.165, 1.54) is 10.5 Å². The van der Waals surface area contributed by atoms with Crippen LogP contribution in [0, 0.1) is 11.3 Å². The van der Waals surface area contributed by atoms with Gasteiger partial charge in [0.15, 0.2) is 0 Å². The van der Waals surface area contributed by atoms with E-state index in [4.69, 9.17) is 4.74 Å². The minimum Gasteiger partial charge on any atom is -0.494 e. The summed E-state index contributed by atoms with van der Waals surface area (Å²) in [7, 11) is 0. The van der Waals surface area contributed by atoms with Gasteiger partial charge in [-0.05, 0) is 68.1 Å². The van der Waals surface area contributed by atoms with Crippen LogP contribution in [0.4, 0.5) is 4.79 Å². The molecule has 1 N–H and O–H groups in total. The maximum absolute atomic E-state index is 13.5. The number of nitrogens with one attached hydrogen (secondary N) is 1. The smallest absolute Gasteiger partial charge is 0.326 e. The molecule has 1 spiro atoms. The fourth-order valence-corrected chi connectivity index (χ4v) is 6.14. The summed E-state index contributed by atoms with van der Waals surface area (Å²) in [6.07, 6.45) is 4.64. The first kappa shape index (κ1) is 21.2. The van der Waals surface area contributed by atoms with Crippen molar-refractivity contribution in [3.05, 3.63) is 29.8 Å². The molecule has 4 rings (SSSR count). The van der Waals surface area contributed by atoms with Gasteiger partial charge in [-0.3, -0.25) is 9.69 Å². The molecule has 2 aliphatic heterocycles. The second-order valence-electron chi connectivity index (χ2n) is 10.2. The van der Waals surface area contributed by atoms with Crippen molar-refractivity contribution < 1.29 is 14.3 Å². The van der Waals surface area contributed by atoms with E-state index in [1.807, 2.05) is 19.1 Å². The summed E-state index contributed by atoms with van der Waals surface area (Å²) < 4.78 is 5.56. The molecule has 0 bridgehead atoms. The highest BCUT2D eigenvalue weighted by atomic mass is 16.5. The third-order valence-corrected chi connectivity index (χ3v) is 6.89. The lowest BCUT2D eigenvalue weighted by molar-refractivity contribution is -0.136. The second kappa shape index (κ2) is 7.88. The first-order valence-electron chi connectivity index (χ1n) is 11.3. The molecule has 2 saturated heterocycles. The predicted molar refractivity (Wildman–Crippen MR) is 116 cm³/mol. The number of rotatable bonds is 5. The lowest BCUT2D eigenvalue weighted by atomic mass is 9.64. The van der Waals surface area contributed by atoms with E-state index in [2.05, 4.69) is 43.1 Å². The number of urea groups is 1. The van der Waals surface area contributed by atoms with Crippen LogP contribution in [0.5, 0.6) is 5.75 Å². The molecule has 6 heteroatoms. The average Bonchev–Trinajstić information content (AvgIpc) is 3.20. The SMILES string of the molecule is CCOc1ccc(C2CCCN2CN2C(=O)NC3(CC(C)CC(C)(C)C3)C2=O)cc1. The molecule has 3 fully saturated rings. The normalized spacial score (nSPS) is 31.4. The lowest BCUT2D eigenvalue weighted by Gasteiger charge is -2.44. The summed E-state index contributed by atoms with van der Waals surface area (Å²) in [4.78, 5) is 30.1. The van der Waals surface area contributed by atoms with Crippen LogP contribution in [0.1, 0.15) is 71.4 Å². The molecule has 6 nitrogen and oxygen atoms in total. The molecule has 2 heterocycles. The number of imide groups is 1. The van der Waals surface area contributed by atoms with Gasteiger partial charge in [0.05, 0.1) is 13.3 Å². The first-order valence-corrected chi connectivity index (χ1v) is 11.3. The Bertz CT molecular complexity index is 806. The number of hydrogen-bond acceptors (Lipinski definition) is 4. The van der Waals surface area contributed by atoms with E-state index in [1.54, 1.807) is 0 Å². The zero-order valence-corrected chi connectivity index (χ0v) is 18.7. The van der Waals surface area contributed by atoms with Crippen LogP contribution in [0.15, 0.2) is 24.3 Å². The summed E-state index contributed by atoms with van der Waals surface area (Å²) in [6.45, 7) is 10.5. The van der Waals surface area contributed by atoms with E-state index < -0.39 is 5.54 Å². The van der Waals surface area contributed by atoms with Crippen LogP contribution in [0.25, 0.3) is 0 Å². The van der Waals surface area contributed by atoms with E-state index in [0.29, 0.717) is 25.6 Å². The Kier molecular flexibility index (Phi) is 5.56. The standard InChI is InChI=1S/C24H35N3O3/c1-5-30-19-10-8-18(9-11-19)20-7-6-12-26(20)16-27-21(28)24(25-22(27)29)14-17(2)13-23(3,4)15-24/h8-11,17,20H,5-7,12-16H2,1-4H3,(H,25,29). The predicted octanol–water partition coefficient (Wildman–Crippen LogP) is 4.32. The van der Waals surface area contributed by atoms with Crippen molar-refractivity contribution in [3.8, 4) is 5.75 Å². The minimum absolute atomic E-state index is 0.0375. The summed E-state index contributed by atoms with van der Waals surface area (Å²) in [6, 6.07) is 8.20. The van der Waals surface area contributed by atoms with E-state index in [-0.39, 0.29) is 23.4 Å². The number of ether oxygens (including phenoxy) is 1. The van der Waals surface area contributed by atoms with Crippen molar-refractivity contribution in [1.29, 1.82) is 0 Å². The zero-order valence-electron chi connectivity index (χ0n) is 18.7. The number of nitrogens with zero attached hydrogens (tertiary/aromatic N) is 2. The van der Waals surface area contributed by atoms with E-state index >= 15 is 0 Å². The van der Waals surface area contributed by atoms with Crippen molar-refractivity contribution in [2.75, 3.05) is 19.8 Å². The topological polar surface area (TPSA) is 61.9 Å². The molecule has 3 atom stereocenters. The highest BCUT2D eigenvalue weighted by Crippen LogP contribution is 2.46.